The molecule has 0 spiro atoms. The maximum absolute atomic E-state index is 12.9. The van der Waals surface area contributed by atoms with Crippen LogP contribution < -0.4 is 0 Å². The van der Waals surface area contributed by atoms with Crippen LogP contribution in [0.4, 0.5) is 13.2 Å². The molecule has 1 aliphatic rings. The van der Waals surface area contributed by atoms with E-state index in [0.717, 1.165) is 49.4 Å². The summed E-state index contributed by atoms with van der Waals surface area (Å²) in [7, 11) is 1.62. The molecule has 1 aromatic heterocycles. The highest BCUT2D eigenvalue weighted by Gasteiger charge is 2.33. The zero-order valence-electron chi connectivity index (χ0n) is 13.6. The van der Waals surface area contributed by atoms with Crippen LogP contribution in [0.5, 0.6) is 0 Å². The van der Waals surface area contributed by atoms with Crippen LogP contribution in [0.15, 0.2) is 18.2 Å². The number of hydrogen-bond donors (Lipinski definition) is 1. The van der Waals surface area contributed by atoms with E-state index in [-0.39, 0.29) is 10.8 Å². The number of rotatable bonds is 4. The van der Waals surface area contributed by atoms with Gasteiger partial charge in [-0.1, -0.05) is 6.07 Å². The Hall–Kier alpha value is -1.64. The Morgan fingerprint density at radius 3 is 2.60 bits per heavy atom. The van der Waals surface area contributed by atoms with Gasteiger partial charge < -0.3 is 9.84 Å². The largest absolute Gasteiger partial charge is 0.477 e. The Morgan fingerprint density at radius 1 is 1.36 bits per heavy atom. The number of carboxylic acids is 1. The van der Waals surface area contributed by atoms with Crippen LogP contribution in [0.2, 0.25) is 0 Å². The molecule has 1 fully saturated rings. The van der Waals surface area contributed by atoms with Gasteiger partial charge in [0.15, 0.2) is 0 Å². The van der Waals surface area contributed by atoms with Gasteiger partial charge in [0.1, 0.15) is 4.88 Å². The first-order chi connectivity index (χ1) is 11.8. The quantitative estimate of drug-likeness (QED) is 0.863. The first-order valence-electron chi connectivity index (χ1n) is 7.89. The zero-order valence-corrected chi connectivity index (χ0v) is 14.4. The number of nitrogens with zero attached hydrogens (tertiary/aromatic N) is 1. The van der Waals surface area contributed by atoms with Crippen LogP contribution >= 0.6 is 11.3 Å². The summed E-state index contributed by atoms with van der Waals surface area (Å²) in [6, 6.07) is 3.50. The van der Waals surface area contributed by atoms with Gasteiger partial charge in [-0.05, 0) is 41.8 Å². The second kappa shape index (κ2) is 6.93. The minimum absolute atomic E-state index is 0.0321. The SMILES string of the molecule is COCN1CCC(c2c(C(=O)O)sc3cc(C(F)(F)F)ccc23)CC1. The van der Waals surface area contributed by atoms with Gasteiger partial charge in [-0.25, -0.2) is 4.79 Å². The molecule has 1 aliphatic heterocycles. The molecule has 1 aromatic carbocycles. The van der Waals surface area contributed by atoms with E-state index in [2.05, 4.69) is 4.90 Å². The van der Waals surface area contributed by atoms with Gasteiger partial charge in [0, 0.05) is 24.9 Å². The number of thiophene rings is 1. The molecule has 0 saturated carbocycles. The minimum Gasteiger partial charge on any atom is -0.477 e. The molecule has 0 unspecified atom stereocenters. The van der Waals surface area contributed by atoms with Crippen LogP contribution in [-0.4, -0.2) is 42.9 Å². The molecule has 8 heteroatoms. The molecule has 0 aliphatic carbocycles. The molecule has 4 nitrogen and oxygen atoms in total. The first kappa shape index (κ1) is 18.2. The fourth-order valence-corrected chi connectivity index (χ4v) is 4.56. The average Bonchev–Trinajstić information content (AvgIpc) is 2.94. The number of halogens is 3. The Balaban J connectivity index is 1.99. The van der Waals surface area contributed by atoms with E-state index in [0.29, 0.717) is 22.4 Å². The molecule has 0 bridgehead atoms. The van der Waals surface area contributed by atoms with E-state index in [4.69, 9.17) is 4.74 Å². The molecule has 3 rings (SSSR count). The molecule has 1 N–H and O–H groups in total. The fourth-order valence-electron chi connectivity index (χ4n) is 3.39. The summed E-state index contributed by atoms with van der Waals surface area (Å²) in [5.41, 5.74) is -0.0713. The number of piperidine rings is 1. The van der Waals surface area contributed by atoms with Gasteiger partial charge in [-0.2, -0.15) is 13.2 Å². The summed E-state index contributed by atoms with van der Waals surface area (Å²) in [5, 5.41) is 10.1. The lowest BCUT2D eigenvalue weighted by molar-refractivity contribution is -0.137. The van der Waals surface area contributed by atoms with Gasteiger partial charge in [0.25, 0.3) is 0 Å². The Labute approximate surface area is 146 Å². The molecule has 2 heterocycles. The van der Waals surface area contributed by atoms with Crippen molar-refractivity contribution >= 4 is 27.4 Å². The maximum atomic E-state index is 12.9. The molecular formula is C17H18F3NO3S. The number of carboxylic acid groups (broad SMARTS) is 1. The smallest absolute Gasteiger partial charge is 0.416 e. The zero-order chi connectivity index (χ0) is 18.2. The average molecular weight is 373 g/mol. The van der Waals surface area contributed by atoms with Crippen LogP contribution in [0, 0.1) is 0 Å². The lowest BCUT2D eigenvalue weighted by Crippen LogP contribution is -2.34. The van der Waals surface area contributed by atoms with Crippen molar-refractivity contribution in [3.63, 3.8) is 0 Å². The monoisotopic (exact) mass is 373 g/mol. The number of alkyl halides is 3. The number of fused-ring (bicyclic) bond motifs is 1. The van der Waals surface area contributed by atoms with E-state index in [1.54, 1.807) is 7.11 Å². The predicted octanol–water partition coefficient (Wildman–Crippen LogP) is 4.40. The van der Waals surface area contributed by atoms with Crippen molar-refractivity contribution in [2.24, 2.45) is 0 Å². The second-order valence-corrected chi connectivity index (χ2v) is 7.22. The van der Waals surface area contributed by atoms with E-state index in [9.17, 15) is 23.1 Å². The molecule has 1 saturated heterocycles. The maximum Gasteiger partial charge on any atom is 0.416 e. The summed E-state index contributed by atoms with van der Waals surface area (Å²) < 4.78 is 44.3. The summed E-state index contributed by atoms with van der Waals surface area (Å²) >= 11 is 0.929. The van der Waals surface area contributed by atoms with E-state index < -0.39 is 17.7 Å². The van der Waals surface area contributed by atoms with E-state index >= 15 is 0 Å². The summed E-state index contributed by atoms with van der Waals surface area (Å²) in [5.74, 6) is -1.05. The van der Waals surface area contributed by atoms with Gasteiger partial charge in [0.2, 0.25) is 0 Å². The van der Waals surface area contributed by atoms with E-state index in [1.165, 1.54) is 6.07 Å². The fraction of sp³-hybridized carbons (Fsp3) is 0.471. The number of aromatic carboxylic acids is 1. The Kier molecular flexibility index (Phi) is 5.04. The van der Waals surface area contributed by atoms with Crippen LogP contribution in [0.25, 0.3) is 10.1 Å². The van der Waals surface area contributed by atoms with Crippen molar-refractivity contribution in [1.82, 2.24) is 4.90 Å². The minimum atomic E-state index is -4.44. The van der Waals surface area contributed by atoms with Crippen LogP contribution in [-0.2, 0) is 10.9 Å². The Bertz CT molecular complexity index is 779. The number of likely N-dealkylation sites (tertiary alicyclic amines) is 1. The topological polar surface area (TPSA) is 49.8 Å². The van der Waals surface area contributed by atoms with Crippen molar-refractivity contribution in [3.8, 4) is 0 Å². The van der Waals surface area contributed by atoms with Crippen molar-refractivity contribution in [2.45, 2.75) is 24.9 Å². The molecule has 2 aromatic rings. The number of benzene rings is 1. The normalized spacial score (nSPS) is 17.3. The summed E-state index contributed by atoms with van der Waals surface area (Å²) in [6.07, 6.45) is -2.92. The van der Waals surface area contributed by atoms with Gasteiger partial charge in [-0.15, -0.1) is 11.3 Å². The number of hydrogen-bond acceptors (Lipinski definition) is 4. The van der Waals surface area contributed by atoms with Gasteiger partial charge >= 0.3 is 12.1 Å². The number of carbonyl (C=O) groups is 1. The molecule has 0 atom stereocenters. The highest BCUT2D eigenvalue weighted by molar-refractivity contribution is 7.21. The number of methoxy groups -OCH3 is 1. The highest BCUT2D eigenvalue weighted by atomic mass is 32.1. The lowest BCUT2D eigenvalue weighted by atomic mass is 9.87. The van der Waals surface area contributed by atoms with Crippen molar-refractivity contribution in [3.05, 3.63) is 34.2 Å². The third kappa shape index (κ3) is 3.65. The molecule has 0 radical (unpaired) electrons. The molecule has 25 heavy (non-hydrogen) atoms. The third-order valence-corrected chi connectivity index (χ3v) is 5.71. The Morgan fingerprint density at radius 2 is 2.04 bits per heavy atom. The van der Waals surface area contributed by atoms with Gasteiger partial charge in [0.05, 0.1) is 12.3 Å². The number of ether oxygens (including phenoxy) is 1. The summed E-state index contributed by atoms with van der Waals surface area (Å²) in [4.78, 5) is 13.9. The molecular weight excluding hydrogens is 355 g/mol. The lowest BCUT2D eigenvalue weighted by Gasteiger charge is -2.31. The highest BCUT2D eigenvalue weighted by Crippen LogP contribution is 2.42. The predicted molar refractivity (Wildman–Crippen MR) is 89.2 cm³/mol. The van der Waals surface area contributed by atoms with Crippen LogP contribution in [0.3, 0.4) is 0 Å². The standard InChI is InChI=1S/C17H18F3NO3S/c1-24-9-21-6-4-10(5-7-21)14-12-3-2-11(17(18,19)20)8-13(12)25-15(14)16(22)23/h2-3,8,10H,4-7,9H2,1H3,(H,22,23). The molecule has 136 valence electrons. The third-order valence-electron chi connectivity index (χ3n) is 4.56. The van der Waals surface area contributed by atoms with E-state index in [1.807, 2.05) is 0 Å². The van der Waals surface area contributed by atoms with Crippen molar-refractivity contribution < 1.29 is 27.8 Å². The van der Waals surface area contributed by atoms with Crippen molar-refractivity contribution in [2.75, 3.05) is 26.9 Å². The van der Waals surface area contributed by atoms with Crippen molar-refractivity contribution in [1.29, 1.82) is 0 Å². The second-order valence-electron chi connectivity index (χ2n) is 6.17. The van der Waals surface area contributed by atoms with Gasteiger partial charge in [-0.3, -0.25) is 4.90 Å². The van der Waals surface area contributed by atoms with Crippen LogP contribution in [0.1, 0.15) is 39.6 Å². The summed E-state index contributed by atoms with van der Waals surface area (Å²) in [6.45, 7) is 2.07. The first-order valence-corrected chi connectivity index (χ1v) is 8.71. The molecule has 0 amide bonds.